The predicted octanol–water partition coefficient (Wildman–Crippen LogP) is -0.0783. The van der Waals surface area contributed by atoms with Crippen molar-refractivity contribution >= 4 is 10.1 Å². The summed E-state index contributed by atoms with van der Waals surface area (Å²) in [6.07, 6.45) is 0.715. The van der Waals surface area contributed by atoms with Crippen molar-refractivity contribution in [3.05, 3.63) is 0 Å². The van der Waals surface area contributed by atoms with Crippen molar-refractivity contribution in [2.24, 2.45) is 0 Å². The van der Waals surface area contributed by atoms with Crippen LogP contribution < -0.4 is 0 Å². The van der Waals surface area contributed by atoms with Crippen LogP contribution in [0.4, 0.5) is 4.70 Å². The molecule has 0 unspecified atom stereocenters. The molecule has 0 aliphatic carbocycles. The van der Waals surface area contributed by atoms with Gasteiger partial charge in [0, 0.05) is 21.8 Å². The largest absolute Gasteiger partial charge is 0.286 e. The average Bonchev–Trinajstić information content (AvgIpc) is 0.722. The third-order valence-corrected chi connectivity index (χ3v) is 0. The molecule has 0 aliphatic heterocycles. The summed E-state index contributed by atoms with van der Waals surface area (Å²) >= 11 is 0. The van der Waals surface area contributed by atoms with Gasteiger partial charge in [-0.05, 0) is 0 Å². The monoisotopic (exact) mass is 171 g/mol. The van der Waals surface area contributed by atoms with Crippen LogP contribution in [0.25, 0.3) is 0 Å². The maximum Gasteiger partial charge on any atom is 0.261 e. The van der Waals surface area contributed by atoms with Crippen molar-refractivity contribution in [1.82, 2.24) is 0 Å². The van der Waals surface area contributed by atoms with Crippen LogP contribution in [0.2, 0.25) is 0 Å². The first kappa shape index (κ1) is 15.7. The summed E-state index contributed by atoms with van der Waals surface area (Å²) < 4.78 is 25.9. The molecule has 0 saturated carbocycles. The van der Waals surface area contributed by atoms with Crippen molar-refractivity contribution < 1.29 is 34.7 Å². The van der Waals surface area contributed by atoms with Crippen LogP contribution >= 0.6 is 0 Å². The maximum absolute atomic E-state index is 9.19. The van der Waals surface area contributed by atoms with E-state index in [2.05, 4.69) is 0 Å². The molecule has 0 fully saturated rings. The molecule has 0 aromatic rings. The van der Waals surface area contributed by atoms with Crippen LogP contribution in [0.15, 0.2) is 0 Å². The van der Waals surface area contributed by atoms with Crippen molar-refractivity contribution in [3.8, 4) is 0 Å². The molecule has 1 radical (unpaired) electrons. The van der Waals surface area contributed by atoms with Gasteiger partial charge in [0.15, 0.2) is 0 Å². The molecule has 7 heavy (non-hydrogen) atoms. The van der Waals surface area contributed by atoms with Crippen LogP contribution in [-0.4, -0.2) is 19.2 Å². The number of hydrogen-bond donors (Lipinski definition) is 1. The first-order valence-corrected chi connectivity index (χ1v) is 2.77. The molecule has 47 valence electrons. The van der Waals surface area contributed by atoms with Crippen LogP contribution in [0.5, 0.6) is 0 Å². The Morgan fingerprint density at radius 2 is 1.43 bits per heavy atom. The minimum absolute atomic E-state index is 0. The van der Waals surface area contributed by atoms with Gasteiger partial charge in [-0.1, -0.05) is 0 Å². The van der Waals surface area contributed by atoms with Gasteiger partial charge in [0.25, 0.3) is 10.1 Å². The van der Waals surface area contributed by atoms with E-state index in [1.165, 1.54) is 0 Å². The Morgan fingerprint density at radius 3 is 1.43 bits per heavy atom. The molecule has 0 atom stereocenters. The van der Waals surface area contributed by atoms with Gasteiger partial charge < -0.3 is 0 Å². The summed E-state index contributed by atoms with van der Waals surface area (Å²) in [5.74, 6) is 0. The zero-order chi connectivity index (χ0) is 4.50. The van der Waals surface area contributed by atoms with E-state index in [0.29, 0.717) is 6.26 Å². The molecule has 0 saturated heterocycles. The fourth-order valence-electron chi connectivity index (χ4n) is 0. The molecule has 0 rings (SSSR count). The Kier molecular flexibility index (Phi) is 10.1. The first-order valence-electron chi connectivity index (χ1n) is 0.924. The van der Waals surface area contributed by atoms with E-state index < -0.39 is 10.1 Å². The van der Waals surface area contributed by atoms with Crippen LogP contribution in [0.3, 0.4) is 0 Å². The molecule has 3 nitrogen and oxygen atoms in total. The summed E-state index contributed by atoms with van der Waals surface area (Å²) in [4.78, 5) is 0. The molecule has 0 aliphatic rings. The van der Waals surface area contributed by atoms with Gasteiger partial charge in [0.1, 0.15) is 0 Å². The van der Waals surface area contributed by atoms with E-state index in [4.69, 9.17) is 4.55 Å². The Bertz CT molecular complexity index is 98.1. The Morgan fingerprint density at radius 1 is 1.43 bits per heavy atom. The number of halogens is 1. The van der Waals surface area contributed by atoms with E-state index in [-0.39, 0.29) is 21.8 Å². The van der Waals surface area contributed by atoms with Crippen molar-refractivity contribution in [2.45, 2.75) is 0 Å². The minimum atomic E-state index is -3.67. The van der Waals surface area contributed by atoms with Gasteiger partial charge in [0.2, 0.25) is 0 Å². The number of hydrogen-bond acceptors (Lipinski definition) is 2. The maximum atomic E-state index is 9.19. The van der Waals surface area contributed by atoms with Crippen LogP contribution in [-0.2, 0) is 27.2 Å². The zero-order valence-electron chi connectivity index (χ0n) is 3.40. The summed E-state index contributed by atoms with van der Waals surface area (Å²) in [6, 6.07) is 0. The predicted molar refractivity (Wildman–Crippen MR) is 18.6 cm³/mol. The first-order chi connectivity index (χ1) is 2.00. The molecular formula is CH4FFeO3S. The molecule has 0 heterocycles. The van der Waals surface area contributed by atoms with E-state index in [0.717, 1.165) is 0 Å². The fraction of sp³-hybridized carbons (Fsp3) is 1.00. The summed E-state index contributed by atoms with van der Waals surface area (Å²) in [6.45, 7) is 0. The van der Waals surface area contributed by atoms with Gasteiger partial charge in [-0.2, -0.15) is 8.42 Å². The molecule has 0 amide bonds. The second kappa shape index (κ2) is 4.52. The molecule has 0 aromatic carbocycles. The van der Waals surface area contributed by atoms with Gasteiger partial charge >= 0.3 is 0 Å². The summed E-state index contributed by atoms with van der Waals surface area (Å²) in [5, 5.41) is 0. The molecule has 0 bridgehead atoms. The molecule has 1 N–H and O–H groups in total. The second-order valence-corrected chi connectivity index (χ2v) is 2.20. The summed E-state index contributed by atoms with van der Waals surface area (Å²) in [5.41, 5.74) is 0. The normalized spacial score (nSPS) is 8.29. The second-order valence-electron chi connectivity index (χ2n) is 0.733. The van der Waals surface area contributed by atoms with Gasteiger partial charge in [-0.25, -0.2) is 0 Å². The van der Waals surface area contributed by atoms with E-state index >= 15 is 0 Å². The van der Waals surface area contributed by atoms with E-state index in [1.807, 2.05) is 0 Å². The standard InChI is InChI=1S/CH4O3S.F.Fe/c1-5(2,3)4;;/h1H3,(H,2,3,4);;. The number of rotatable bonds is 0. The van der Waals surface area contributed by atoms with E-state index in [1.54, 1.807) is 0 Å². The third kappa shape index (κ3) is 935. The molecule has 0 aromatic heterocycles. The summed E-state index contributed by atoms with van der Waals surface area (Å²) in [7, 11) is -3.67. The quantitative estimate of drug-likeness (QED) is 0.409. The Labute approximate surface area is 51.7 Å². The van der Waals surface area contributed by atoms with E-state index in [9.17, 15) is 8.42 Å². The molecular weight excluding hydrogens is 167 g/mol. The molecule has 6 heteroatoms. The topological polar surface area (TPSA) is 54.4 Å². The van der Waals surface area contributed by atoms with Gasteiger partial charge in [-0.3, -0.25) is 4.55 Å². The van der Waals surface area contributed by atoms with Gasteiger partial charge in [0.05, 0.1) is 6.26 Å². The Balaban J connectivity index is -0.0000000800. The zero-order valence-corrected chi connectivity index (χ0v) is 5.32. The van der Waals surface area contributed by atoms with Crippen molar-refractivity contribution in [1.29, 1.82) is 0 Å². The smallest absolute Gasteiger partial charge is 0.261 e. The van der Waals surface area contributed by atoms with Crippen LogP contribution in [0.1, 0.15) is 0 Å². The minimum Gasteiger partial charge on any atom is -0.286 e. The SMILES string of the molecule is CS(=O)(=O)O.[F].[Fe]. The Hall–Kier alpha value is 0.359. The third-order valence-electron chi connectivity index (χ3n) is 0. The average molecular weight is 171 g/mol. The fourth-order valence-corrected chi connectivity index (χ4v) is 0. The van der Waals surface area contributed by atoms with Crippen molar-refractivity contribution in [3.63, 3.8) is 0 Å². The van der Waals surface area contributed by atoms with Crippen LogP contribution in [0, 0.1) is 0 Å². The van der Waals surface area contributed by atoms with Gasteiger partial charge in [-0.15, -0.1) is 0 Å². The molecule has 0 spiro atoms. The van der Waals surface area contributed by atoms with Crippen molar-refractivity contribution in [2.75, 3.05) is 6.26 Å².